The molecule has 4 nitrogen and oxygen atoms in total. The van der Waals surface area contributed by atoms with E-state index < -0.39 is 0 Å². The number of methoxy groups -OCH3 is 2. The Bertz CT molecular complexity index is 477. The second-order valence-corrected chi connectivity index (χ2v) is 3.76. The van der Waals surface area contributed by atoms with Crippen LogP contribution in [0.3, 0.4) is 0 Å². The lowest BCUT2D eigenvalue weighted by atomic mass is 10.0. The summed E-state index contributed by atoms with van der Waals surface area (Å²) in [6.07, 6.45) is 1.93. The molecule has 0 aromatic heterocycles. The quantitative estimate of drug-likeness (QED) is 0.697. The number of fused-ring (bicyclic) bond motifs is 1. The summed E-state index contributed by atoms with van der Waals surface area (Å²) in [6.45, 7) is 0.405. The van der Waals surface area contributed by atoms with E-state index in [2.05, 4.69) is 0 Å². The number of carbonyl (C=O) groups is 1. The van der Waals surface area contributed by atoms with E-state index in [-0.39, 0.29) is 5.78 Å². The number of benzene rings is 1. The Morgan fingerprint density at radius 3 is 2.44 bits per heavy atom. The summed E-state index contributed by atoms with van der Waals surface area (Å²) in [5.41, 5.74) is 1.56. The van der Waals surface area contributed by atoms with E-state index >= 15 is 0 Å². The molecule has 4 heteroatoms. The lowest BCUT2D eigenvalue weighted by Gasteiger charge is -2.13. The molecule has 1 aliphatic rings. The molecule has 0 unspecified atom stereocenters. The van der Waals surface area contributed by atoms with Crippen molar-refractivity contribution in [2.75, 3.05) is 27.8 Å². The van der Waals surface area contributed by atoms with Gasteiger partial charge in [0.05, 0.1) is 19.8 Å². The number of nitrogens with zero attached hydrogens (tertiary/aromatic N) is 1. The van der Waals surface area contributed by atoms with Gasteiger partial charge in [-0.05, 0) is 12.1 Å². The second-order valence-electron chi connectivity index (χ2n) is 3.76. The minimum absolute atomic E-state index is 0.0981. The van der Waals surface area contributed by atoms with Crippen LogP contribution in [0.4, 0.5) is 0 Å². The normalized spacial score (nSPS) is 14.2. The Kier molecular flexibility index (Phi) is 2.64. The summed E-state index contributed by atoms with van der Waals surface area (Å²) in [4.78, 5) is 11.8. The fraction of sp³-hybridized carbons (Fsp3) is 0.333. The van der Waals surface area contributed by atoms with Gasteiger partial charge in [0.15, 0.2) is 17.7 Å². The van der Waals surface area contributed by atoms with Gasteiger partial charge in [-0.3, -0.25) is 4.79 Å². The van der Waals surface area contributed by atoms with Crippen LogP contribution in [0.2, 0.25) is 0 Å². The summed E-state index contributed by atoms with van der Waals surface area (Å²) in [6, 6.07) is 3.56. The molecule has 1 heterocycles. The lowest BCUT2D eigenvalue weighted by Crippen LogP contribution is -2.25. The van der Waals surface area contributed by atoms with Gasteiger partial charge in [-0.15, -0.1) is 0 Å². The van der Waals surface area contributed by atoms with Crippen LogP contribution in [-0.2, 0) is 0 Å². The van der Waals surface area contributed by atoms with Crippen molar-refractivity contribution in [1.82, 2.24) is 0 Å². The van der Waals surface area contributed by atoms with Crippen molar-refractivity contribution in [2.45, 2.75) is 0 Å². The zero-order valence-corrected chi connectivity index (χ0v) is 9.61. The van der Waals surface area contributed by atoms with Crippen LogP contribution in [0.15, 0.2) is 12.1 Å². The van der Waals surface area contributed by atoms with Crippen molar-refractivity contribution in [1.29, 1.82) is 0 Å². The van der Waals surface area contributed by atoms with Crippen LogP contribution in [-0.4, -0.2) is 44.4 Å². The van der Waals surface area contributed by atoms with Gasteiger partial charge in [0, 0.05) is 5.56 Å². The fourth-order valence-electron chi connectivity index (χ4n) is 1.84. The Morgan fingerprint density at radius 2 is 1.81 bits per heavy atom. The molecule has 0 bridgehead atoms. The number of hydrogen-bond donors (Lipinski definition) is 0. The maximum Gasteiger partial charge on any atom is 0.227 e. The average molecular weight is 220 g/mol. The number of Topliss-reactive ketones (excluding diaryl/α,β-unsaturated/α-hetero) is 1. The smallest absolute Gasteiger partial charge is 0.227 e. The van der Waals surface area contributed by atoms with E-state index in [9.17, 15) is 4.79 Å². The molecule has 16 heavy (non-hydrogen) atoms. The molecule has 0 aliphatic carbocycles. The van der Waals surface area contributed by atoms with Gasteiger partial charge in [0.25, 0.3) is 0 Å². The summed E-state index contributed by atoms with van der Waals surface area (Å²) in [7, 11) is 5.02. The first kappa shape index (κ1) is 10.7. The first-order chi connectivity index (χ1) is 7.65. The Labute approximate surface area is 94.1 Å². The van der Waals surface area contributed by atoms with Gasteiger partial charge in [-0.25, -0.2) is 4.58 Å². The fourth-order valence-corrected chi connectivity index (χ4v) is 1.84. The summed E-state index contributed by atoms with van der Waals surface area (Å²) in [5, 5.41) is 0. The average Bonchev–Trinajstić information content (AvgIpc) is 2.27. The van der Waals surface area contributed by atoms with E-state index in [1.807, 2.05) is 23.9 Å². The van der Waals surface area contributed by atoms with Crippen molar-refractivity contribution in [3.63, 3.8) is 0 Å². The first-order valence-corrected chi connectivity index (χ1v) is 5.00. The van der Waals surface area contributed by atoms with E-state index in [1.54, 1.807) is 20.3 Å². The Balaban J connectivity index is 2.61. The maximum atomic E-state index is 11.8. The molecule has 1 aromatic rings. The molecule has 0 atom stereocenters. The maximum absolute atomic E-state index is 11.8. The molecule has 84 valence electrons. The summed E-state index contributed by atoms with van der Waals surface area (Å²) < 4.78 is 12.2. The van der Waals surface area contributed by atoms with Gasteiger partial charge in [0.2, 0.25) is 12.3 Å². The topological polar surface area (TPSA) is 38.5 Å². The molecular formula is C12H14NO3+. The highest BCUT2D eigenvalue weighted by Crippen LogP contribution is 2.30. The van der Waals surface area contributed by atoms with Crippen molar-refractivity contribution >= 4 is 12.0 Å². The molecule has 0 fully saturated rings. The van der Waals surface area contributed by atoms with Crippen LogP contribution in [0.25, 0.3) is 0 Å². The number of ether oxygens (including phenoxy) is 2. The largest absolute Gasteiger partial charge is 0.493 e. The van der Waals surface area contributed by atoms with Crippen molar-refractivity contribution in [3.05, 3.63) is 23.3 Å². The highest BCUT2D eigenvalue weighted by molar-refractivity contribution is 6.06. The third-order valence-corrected chi connectivity index (χ3v) is 2.61. The predicted molar refractivity (Wildman–Crippen MR) is 60.1 cm³/mol. The molecule has 0 spiro atoms. The molecule has 0 saturated heterocycles. The van der Waals surface area contributed by atoms with Gasteiger partial charge in [-0.1, -0.05) is 0 Å². The van der Waals surface area contributed by atoms with E-state index in [0.717, 1.165) is 5.56 Å². The number of ketones is 1. The Morgan fingerprint density at radius 1 is 1.19 bits per heavy atom. The molecular weight excluding hydrogens is 206 g/mol. The summed E-state index contributed by atoms with van der Waals surface area (Å²) >= 11 is 0. The standard InChI is InChI=1S/C12H14NO3/c1-13-6-8-4-11(15-2)12(16-3)5-9(8)10(14)7-13/h4-6H,7H2,1-3H3/q+1. The van der Waals surface area contributed by atoms with Crippen molar-refractivity contribution in [2.24, 2.45) is 0 Å². The Hall–Kier alpha value is -1.84. The molecule has 1 aromatic carbocycles. The van der Waals surface area contributed by atoms with Crippen molar-refractivity contribution < 1.29 is 18.8 Å². The van der Waals surface area contributed by atoms with Crippen molar-refractivity contribution in [3.8, 4) is 11.5 Å². The molecule has 0 saturated carbocycles. The number of rotatable bonds is 2. The minimum Gasteiger partial charge on any atom is -0.493 e. The van der Waals surface area contributed by atoms with Gasteiger partial charge in [-0.2, -0.15) is 0 Å². The lowest BCUT2D eigenvalue weighted by molar-refractivity contribution is -0.478. The van der Waals surface area contributed by atoms with Gasteiger partial charge >= 0.3 is 0 Å². The van der Waals surface area contributed by atoms with Gasteiger partial charge < -0.3 is 9.47 Å². The summed E-state index contributed by atoms with van der Waals surface area (Å²) in [5.74, 6) is 1.33. The van der Waals surface area contributed by atoms with E-state index in [4.69, 9.17) is 9.47 Å². The van der Waals surface area contributed by atoms with Crippen LogP contribution in [0.5, 0.6) is 11.5 Å². The van der Waals surface area contributed by atoms with Gasteiger partial charge in [0.1, 0.15) is 7.05 Å². The molecule has 0 amide bonds. The van der Waals surface area contributed by atoms with Crippen LogP contribution < -0.4 is 9.47 Å². The van der Waals surface area contributed by atoms with Crippen LogP contribution >= 0.6 is 0 Å². The second kappa shape index (κ2) is 3.96. The zero-order valence-electron chi connectivity index (χ0n) is 9.61. The number of carbonyl (C=O) groups excluding carboxylic acids is 1. The van der Waals surface area contributed by atoms with E-state index in [0.29, 0.717) is 23.6 Å². The van der Waals surface area contributed by atoms with Crippen LogP contribution in [0.1, 0.15) is 15.9 Å². The number of likely N-dealkylation sites (N-methyl/N-ethyl adjacent to an activating group) is 1. The number of hydrogen-bond acceptors (Lipinski definition) is 3. The highest BCUT2D eigenvalue weighted by atomic mass is 16.5. The third kappa shape index (κ3) is 1.66. The first-order valence-electron chi connectivity index (χ1n) is 5.00. The molecule has 2 rings (SSSR count). The zero-order chi connectivity index (χ0) is 11.7. The molecule has 0 N–H and O–H groups in total. The third-order valence-electron chi connectivity index (χ3n) is 2.61. The van der Waals surface area contributed by atoms with Crippen LogP contribution in [0, 0.1) is 0 Å². The SMILES string of the molecule is COc1cc2c(cc1OC)C(=O)C[N+](C)=C2. The molecule has 0 radical (unpaired) electrons. The highest BCUT2D eigenvalue weighted by Gasteiger charge is 2.23. The monoisotopic (exact) mass is 220 g/mol. The molecule has 1 aliphatic heterocycles. The predicted octanol–water partition coefficient (Wildman–Crippen LogP) is 0.961. The minimum atomic E-state index is 0.0981. The van der Waals surface area contributed by atoms with E-state index in [1.165, 1.54) is 0 Å².